The fourth-order valence-corrected chi connectivity index (χ4v) is 1.97. The maximum absolute atomic E-state index is 11.8. The van der Waals surface area contributed by atoms with Gasteiger partial charge in [0.25, 0.3) is 0 Å². The monoisotopic (exact) mass is 326 g/mol. The average molecular weight is 327 g/mol. The van der Waals surface area contributed by atoms with Crippen molar-refractivity contribution in [1.82, 2.24) is 5.43 Å². The Morgan fingerprint density at radius 1 is 1.26 bits per heavy atom. The van der Waals surface area contributed by atoms with Crippen LogP contribution < -0.4 is 10.2 Å². The number of nitrogens with one attached hydrogen (secondary N) is 1. The molecule has 23 heavy (non-hydrogen) atoms. The number of hydrogen-bond donors (Lipinski definition) is 1. The fourth-order valence-electron chi connectivity index (χ4n) is 1.84. The molecule has 0 aromatic heterocycles. The van der Waals surface area contributed by atoms with E-state index in [-0.39, 0.29) is 18.9 Å². The Bertz CT molecular complexity index is 733. The van der Waals surface area contributed by atoms with Crippen LogP contribution in [0.2, 0.25) is 5.02 Å². The molecule has 5 heteroatoms. The van der Waals surface area contributed by atoms with E-state index >= 15 is 0 Å². The van der Waals surface area contributed by atoms with E-state index in [1.54, 1.807) is 30.3 Å². The fraction of sp³-hybridized carbons (Fsp3) is 0.111. The summed E-state index contributed by atoms with van der Waals surface area (Å²) >= 11 is 5.80. The van der Waals surface area contributed by atoms with Gasteiger partial charge in [0.15, 0.2) is 0 Å². The number of halogens is 1. The van der Waals surface area contributed by atoms with Crippen LogP contribution in [0.4, 0.5) is 0 Å². The van der Waals surface area contributed by atoms with E-state index in [4.69, 9.17) is 22.8 Å². The lowest BCUT2D eigenvalue weighted by atomic mass is 10.1. The molecule has 116 valence electrons. The molecular weight excluding hydrogens is 312 g/mol. The number of hydrogen-bond acceptors (Lipinski definition) is 3. The van der Waals surface area contributed by atoms with E-state index in [0.717, 1.165) is 11.1 Å². The Morgan fingerprint density at radius 3 is 2.74 bits per heavy atom. The lowest BCUT2D eigenvalue weighted by molar-refractivity contribution is -0.120. The summed E-state index contributed by atoms with van der Waals surface area (Å²) in [5.41, 5.74) is 4.07. The van der Waals surface area contributed by atoms with E-state index < -0.39 is 0 Å². The van der Waals surface area contributed by atoms with Gasteiger partial charge in [-0.05, 0) is 29.8 Å². The molecule has 0 saturated heterocycles. The number of hydrazone groups is 1. The van der Waals surface area contributed by atoms with E-state index in [9.17, 15) is 4.79 Å². The zero-order valence-corrected chi connectivity index (χ0v) is 13.1. The lowest BCUT2D eigenvalue weighted by Crippen LogP contribution is -2.19. The number of carbonyl (C=O) groups is 1. The standard InChI is InChI=1S/C18H15ClN2O2/c1-2-11-23-17-6-4-3-5-15(17)13-20-21-18(22)12-14-7-9-16(19)10-8-14/h1,3-10,13H,11-12H2,(H,21,22)/b20-13-. The first-order valence-electron chi connectivity index (χ1n) is 6.90. The summed E-state index contributed by atoms with van der Waals surface area (Å²) in [7, 11) is 0. The molecule has 0 heterocycles. The van der Waals surface area contributed by atoms with Gasteiger partial charge < -0.3 is 4.74 Å². The molecule has 2 aromatic carbocycles. The van der Waals surface area contributed by atoms with E-state index in [1.165, 1.54) is 6.21 Å². The van der Waals surface area contributed by atoms with Crippen LogP contribution in [0.25, 0.3) is 0 Å². The van der Waals surface area contributed by atoms with Crippen molar-refractivity contribution in [2.45, 2.75) is 6.42 Å². The number of para-hydroxylation sites is 1. The first-order chi connectivity index (χ1) is 11.2. The van der Waals surface area contributed by atoms with Gasteiger partial charge in [-0.3, -0.25) is 4.79 Å². The van der Waals surface area contributed by atoms with Gasteiger partial charge in [-0.2, -0.15) is 5.10 Å². The Kier molecular flexibility index (Phi) is 6.22. The molecule has 0 saturated carbocycles. The van der Waals surface area contributed by atoms with Crippen molar-refractivity contribution >= 4 is 23.7 Å². The Balaban J connectivity index is 1.92. The molecule has 4 nitrogen and oxygen atoms in total. The lowest BCUT2D eigenvalue weighted by Gasteiger charge is -2.05. The molecule has 0 radical (unpaired) electrons. The maximum atomic E-state index is 11.8. The largest absolute Gasteiger partial charge is 0.480 e. The number of amides is 1. The molecule has 0 atom stereocenters. The molecule has 0 aliphatic carbocycles. The summed E-state index contributed by atoms with van der Waals surface area (Å²) < 4.78 is 5.40. The molecule has 0 unspecified atom stereocenters. The van der Waals surface area contributed by atoms with Crippen LogP contribution in [-0.2, 0) is 11.2 Å². The summed E-state index contributed by atoms with van der Waals surface area (Å²) in [5, 5.41) is 4.58. The number of nitrogens with zero attached hydrogens (tertiary/aromatic N) is 1. The highest BCUT2D eigenvalue weighted by Gasteiger charge is 2.03. The zero-order valence-electron chi connectivity index (χ0n) is 12.3. The third-order valence-electron chi connectivity index (χ3n) is 2.90. The van der Waals surface area contributed by atoms with Gasteiger partial charge in [-0.15, -0.1) is 6.42 Å². The quantitative estimate of drug-likeness (QED) is 0.504. The average Bonchev–Trinajstić information content (AvgIpc) is 2.56. The zero-order chi connectivity index (χ0) is 16.5. The Hall–Kier alpha value is -2.77. The van der Waals surface area contributed by atoms with Crippen molar-refractivity contribution in [2.24, 2.45) is 5.10 Å². The third-order valence-corrected chi connectivity index (χ3v) is 3.15. The molecule has 0 aliphatic heterocycles. The maximum Gasteiger partial charge on any atom is 0.244 e. The number of terminal acetylenes is 1. The van der Waals surface area contributed by atoms with Crippen LogP contribution in [0.5, 0.6) is 5.75 Å². The number of rotatable bonds is 6. The van der Waals surface area contributed by atoms with Gasteiger partial charge in [-0.25, -0.2) is 5.43 Å². The van der Waals surface area contributed by atoms with Gasteiger partial charge in [-0.1, -0.05) is 41.8 Å². The van der Waals surface area contributed by atoms with Crippen LogP contribution in [0.3, 0.4) is 0 Å². The molecule has 1 amide bonds. The summed E-state index contributed by atoms with van der Waals surface area (Å²) in [6.07, 6.45) is 6.92. The normalized spacial score (nSPS) is 10.3. The van der Waals surface area contributed by atoms with Gasteiger partial charge in [0.1, 0.15) is 12.4 Å². The van der Waals surface area contributed by atoms with Crippen molar-refractivity contribution in [1.29, 1.82) is 0 Å². The van der Waals surface area contributed by atoms with Crippen molar-refractivity contribution < 1.29 is 9.53 Å². The van der Waals surface area contributed by atoms with Crippen molar-refractivity contribution in [3.05, 3.63) is 64.7 Å². The molecular formula is C18H15ClN2O2. The van der Waals surface area contributed by atoms with Crippen LogP contribution >= 0.6 is 11.6 Å². The highest BCUT2D eigenvalue weighted by Crippen LogP contribution is 2.15. The van der Waals surface area contributed by atoms with Gasteiger partial charge in [0.05, 0.1) is 12.6 Å². The van der Waals surface area contributed by atoms with Gasteiger partial charge in [0, 0.05) is 10.6 Å². The van der Waals surface area contributed by atoms with Crippen LogP contribution in [0, 0.1) is 12.3 Å². The second-order valence-electron chi connectivity index (χ2n) is 4.63. The van der Waals surface area contributed by atoms with Crippen LogP contribution in [0.15, 0.2) is 53.6 Å². The van der Waals surface area contributed by atoms with Crippen LogP contribution in [-0.4, -0.2) is 18.7 Å². The summed E-state index contributed by atoms with van der Waals surface area (Å²) in [5.74, 6) is 2.80. The summed E-state index contributed by atoms with van der Waals surface area (Å²) in [4.78, 5) is 11.8. The smallest absolute Gasteiger partial charge is 0.244 e. The van der Waals surface area contributed by atoms with E-state index in [0.29, 0.717) is 10.8 Å². The predicted molar refractivity (Wildman–Crippen MR) is 91.7 cm³/mol. The van der Waals surface area contributed by atoms with Crippen molar-refractivity contribution in [3.8, 4) is 18.1 Å². The first kappa shape index (κ1) is 16.6. The minimum absolute atomic E-state index is 0.174. The highest BCUT2D eigenvalue weighted by atomic mass is 35.5. The third kappa shape index (κ3) is 5.50. The molecule has 0 fully saturated rings. The van der Waals surface area contributed by atoms with Crippen LogP contribution in [0.1, 0.15) is 11.1 Å². The SMILES string of the molecule is C#CCOc1ccccc1/C=N\NC(=O)Cc1ccc(Cl)cc1. The van der Waals surface area contributed by atoms with E-state index in [1.807, 2.05) is 18.2 Å². The molecule has 2 aromatic rings. The Labute approximate surface area is 140 Å². The topological polar surface area (TPSA) is 50.7 Å². The molecule has 0 spiro atoms. The predicted octanol–water partition coefficient (Wildman–Crippen LogP) is 3.04. The van der Waals surface area contributed by atoms with Crippen molar-refractivity contribution in [3.63, 3.8) is 0 Å². The Morgan fingerprint density at radius 2 is 2.00 bits per heavy atom. The van der Waals surface area contributed by atoms with E-state index in [2.05, 4.69) is 16.4 Å². The number of benzene rings is 2. The minimum atomic E-state index is -0.217. The summed E-state index contributed by atoms with van der Waals surface area (Å²) in [6.45, 7) is 0.174. The van der Waals surface area contributed by atoms with Gasteiger partial charge >= 0.3 is 0 Å². The molecule has 2 rings (SSSR count). The first-order valence-corrected chi connectivity index (χ1v) is 7.28. The van der Waals surface area contributed by atoms with Gasteiger partial charge in [0.2, 0.25) is 5.91 Å². The minimum Gasteiger partial charge on any atom is -0.480 e. The number of carbonyl (C=O) groups excluding carboxylic acids is 1. The van der Waals surface area contributed by atoms with Crippen molar-refractivity contribution in [2.75, 3.05) is 6.61 Å². The number of ether oxygens (including phenoxy) is 1. The second kappa shape index (κ2) is 8.62. The molecule has 0 aliphatic rings. The summed E-state index contributed by atoms with van der Waals surface area (Å²) in [6, 6.07) is 14.4. The molecule has 1 N–H and O–H groups in total. The highest BCUT2D eigenvalue weighted by molar-refractivity contribution is 6.30. The molecule has 0 bridgehead atoms. The second-order valence-corrected chi connectivity index (χ2v) is 5.06.